The van der Waals surface area contributed by atoms with E-state index in [2.05, 4.69) is 0 Å². The van der Waals surface area contributed by atoms with E-state index in [0.29, 0.717) is 5.56 Å². The van der Waals surface area contributed by atoms with Crippen molar-refractivity contribution in [3.05, 3.63) is 63.2 Å². The van der Waals surface area contributed by atoms with Crippen LogP contribution in [-0.2, 0) is 4.74 Å². The minimum Gasteiger partial charge on any atom is -0.496 e. The van der Waals surface area contributed by atoms with Crippen molar-refractivity contribution in [3.8, 4) is 11.5 Å². The van der Waals surface area contributed by atoms with Crippen molar-refractivity contribution in [1.29, 1.82) is 0 Å². The summed E-state index contributed by atoms with van der Waals surface area (Å²) in [6, 6.07) is 8.84. The number of aryl methyl sites for hydroxylation is 1. The van der Waals surface area contributed by atoms with Gasteiger partial charge in [-0.1, -0.05) is 18.2 Å². The zero-order chi connectivity index (χ0) is 19.3. The number of Topliss-reactive ketones (excluding diaryl/α,β-unsaturated/α-hetero) is 1. The monoisotopic (exact) mass is 359 g/mol. The molecule has 2 rings (SSSR count). The normalized spacial score (nSPS) is 10.1. The van der Waals surface area contributed by atoms with Crippen molar-refractivity contribution in [2.24, 2.45) is 0 Å². The lowest BCUT2D eigenvalue weighted by molar-refractivity contribution is -0.385. The molecule has 0 spiro atoms. The largest absolute Gasteiger partial charge is 0.496 e. The maximum absolute atomic E-state index is 12.3. The number of esters is 1. The Kier molecular flexibility index (Phi) is 5.90. The topological polar surface area (TPSA) is 105 Å². The van der Waals surface area contributed by atoms with Gasteiger partial charge in [0.1, 0.15) is 17.1 Å². The highest BCUT2D eigenvalue weighted by Gasteiger charge is 2.22. The lowest BCUT2D eigenvalue weighted by Gasteiger charge is -2.12. The van der Waals surface area contributed by atoms with Gasteiger partial charge in [-0.2, -0.15) is 0 Å². The van der Waals surface area contributed by atoms with E-state index < -0.39 is 23.3 Å². The molecule has 0 aromatic heterocycles. The minimum absolute atomic E-state index is 0.0557. The number of hydrogen-bond donors (Lipinski definition) is 0. The molecule has 0 fully saturated rings. The van der Waals surface area contributed by atoms with Gasteiger partial charge in [0.25, 0.3) is 5.69 Å². The number of ether oxygens (including phenoxy) is 3. The lowest BCUT2D eigenvalue weighted by atomic mass is 10.1. The van der Waals surface area contributed by atoms with Crippen LogP contribution in [0.1, 0.15) is 26.3 Å². The predicted molar refractivity (Wildman–Crippen MR) is 92.0 cm³/mol. The Balaban J connectivity index is 2.17. The molecule has 2 aromatic rings. The van der Waals surface area contributed by atoms with E-state index in [1.165, 1.54) is 26.4 Å². The van der Waals surface area contributed by atoms with Crippen molar-refractivity contribution < 1.29 is 28.7 Å². The molecule has 0 bridgehead atoms. The van der Waals surface area contributed by atoms with E-state index >= 15 is 0 Å². The molecule has 0 atom stereocenters. The summed E-state index contributed by atoms with van der Waals surface area (Å²) in [6.07, 6.45) is 0. The summed E-state index contributed by atoms with van der Waals surface area (Å²) in [4.78, 5) is 34.9. The smallest absolute Gasteiger partial charge is 0.346 e. The number of nitro groups is 1. The standard InChI is InChI=1S/C18H17NO7/c1-11-7-8-12(9-13(11)19(22)23)14(20)10-26-18(21)17-15(24-2)5-4-6-16(17)25-3/h4-9H,10H2,1-3H3. The Bertz CT molecular complexity index is 838. The lowest BCUT2D eigenvalue weighted by Crippen LogP contribution is -2.16. The predicted octanol–water partition coefficient (Wildman–Crippen LogP) is 2.96. The van der Waals surface area contributed by atoms with E-state index in [1.54, 1.807) is 25.1 Å². The first-order chi connectivity index (χ1) is 12.4. The highest BCUT2D eigenvalue weighted by molar-refractivity contribution is 6.01. The number of carbonyl (C=O) groups excluding carboxylic acids is 2. The van der Waals surface area contributed by atoms with E-state index in [9.17, 15) is 19.7 Å². The molecule has 0 aliphatic heterocycles. The third kappa shape index (κ3) is 3.97. The van der Waals surface area contributed by atoms with Crippen LogP contribution in [0.2, 0.25) is 0 Å². The van der Waals surface area contributed by atoms with Gasteiger partial charge in [-0.15, -0.1) is 0 Å². The fraction of sp³-hybridized carbons (Fsp3) is 0.222. The van der Waals surface area contributed by atoms with Crippen LogP contribution >= 0.6 is 0 Å². The highest BCUT2D eigenvalue weighted by Crippen LogP contribution is 2.29. The first-order valence-corrected chi connectivity index (χ1v) is 7.55. The highest BCUT2D eigenvalue weighted by atomic mass is 16.6. The first kappa shape index (κ1) is 18.9. The average molecular weight is 359 g/mol. The number of ketones is 1. The van der Waals surface area contributed by atoms with Crippen LogP contribution in [0, 0.1) is 17.0 Å². The van der Waals surface area contributed by atoms with Gasteiger partial charge >= 0.3 is 5.97 Å². The molecule has 2 aromatic carbocycles. The number of rotatable bonds is 7. The molecule has 0 saturated carbocycles. The summed E-state index contributed by atoms with van der Waals surface area (Å²) in [7, 11) is 2.78. The van der Waals surface area contributed by atoms with Crippen LogP contribution in [0.25, 0.3) is 0 Å². The molecule has 136 valence electrons. The molecule has 0 N–H and O–H groups in total. The van der Waals surface area contributed by atoms with Crippen LogP contribution in [0.15, 0.2) is 36.4 Å². The second kappa shape index (κ2) is 8.11. The van der Waals surface area contributed by atoms with Crippen molar-refractivity contribution >= 4 is 17.4 Å². The van der Waals surface area contributed by atoms with Crippen molar-refractivity contribution in [3.63, 3.8) is 0 Å². The van der Waals surface area contributed by atoms with Crippen LogP contribution in [0.5, 0.6) is 11.5 Å². The van der Waals surface area contributed by atoms with Gasteiger partial charge in [0.15, 0.2) is 6.61 Å². The van der Waals surface area contributed by atoms with E-state index in [-0.39, 0.29) is 28.3 Å². The maximum Gasteiger partial charge on any atom is 0.346 e. The molecule has 8 nitrogen and oxygen atoms in total. The van der Waals surface area contributed by atoms with Crippen molar-refractivity contribution in [2.45, 2.75) is 6.92 Å². The quantitative estimate of drug-likeness (QED) is 0.324. The van der Waals surface area contributed by atoms with Crippen molar-refractivity contribution in [1.82, 2.24) is 0 Å². The number of nitro benzene ring substituents is 1. The van der Waals surface area contributed by atoms with Gasteiger partial charge in [0.2, 0.25) is 5.78 Å². The molecule has 0 unspecified atom stereocenters. The van der Waals surface area contributed by atoms with Crippen LogP contribution in [0.3, 0.4) is 0 Å². The van der Waals surface area contributed by atoms with Gasteiger partial charge < -0.3 is 14.2 Å². The van der Waals surface area contributed by atoms with Crippen LogP contribution < -0.4 is 9.47 Å². The molecular formula is C18H17NO7. The van der Waals surface area contributed by atoms with E-state index in [4.69, 9.17) is 14.2 Å². The second-order valence-corrected chi connectivity index (χ2v) is 5.30. The third-order valence-electron chi connectivity index (χ3n) is 3.69. The molecule has 0 saturated heterocycles. The second-order valence-electron chi connectivity index (χ2n) is 5.30. The fourth-order valence-corrected chi connectivity index (χ4v) is 2.32. The Morgan fingerprint density at radius 1 is 1.08 bits per heavy atom. The zero-order valence-electron chi connectivity index (χ0n) is 14.5. The van der Waals surface area contributed by atoms with Crippen LogP contribution in [-0.4, -0.2) is 37.5 Å². The Labute approximate surface area is 149 Å². The van der Waals surface area contributed by atoms with Gasteiger partial charge in [-0.05, 0) is 19.1 Å². The molecular weight excluding hydrogens is 342 g/mol. The first-order valence-electron chi connectivity index (χ1n) is 7.55. The fourth-order valence-electron chi connectivity index (χ4n) is 2.32. The minimum atomic E-state index is -0.797. The summed E-state index contributed by atoms with van der Waals surface area (Å²) in [6.45, 7) is 1.00. The Morgan fingerprint density at radius 3 is 2.23 bits per heavy atom. The Morgan fingerprint density at radius 2 is 1.69 bits per heavy atom. The van der Waals surface area contributed by atoms with Crippen LogP contribution in [0.4, 0.5) is 5.69 Å². The summed E-state index contributed by atoms with van der Waals surface area (Å²) in [5, 5.41) is 11.0. The number of benzene rings is 2. The molecule has 0 amide bonds. The third-order valence-corrected chi connectivity index (χ3v) is 3.69. The molecule has 0 heterocycles. The van der Waals surface area contributed by atoms with Gasteiger partial charge in [-0.25, -0.2) is 4.79 Å². The number of carbonyl (C=O) groups is 2. The molecule has 0 aliphatic rings. The molecule has 26 heavy (non-hydrogen) atoms. The zero-order valence-corrected chi connectivity index (χ0v) is 14.5. The molecule has 0 aliphatic carbocycles. The number of hydrogen-bond acceptors (Lipinski definition) is 7. The van der Waals surface area contributed by atoms with Gasteiger partial charge in [0, 0.05) is 17.2 Å². The molecule has 8 heteroatoms. The SMILES string of the molecule is COc1cccc(OC)c1C(=O)OCC(=O)c1ccc(C)c([N+](=O)[O-])c1. The summed E-state index contributed by atoms with van der Waals surface area (Å²) >= 11 is 0. The maximum atomic E-state index is 12.3. The van der Waals surface area contributed by atoms with E-state index in [0.717, 1.165) is 6.07 Å². The summed E-state index contributed by atoms with van der Waals surface area (Å²) in [5.74, 6) is -0.870. The van der Waals surface area contributed by atoms with Gasteiger partial charge in [-0.3, -0.25) is 14.9 Å². The van der Waals surface area contributed by atoms with E-state index in [1.807, 2.05) is 0 Å². The summed E-state index contributed by atoms with van der Waals surface area (Å²) in [5.41, 5.74) is 0.401. The Hall–Kier alpha value is -3.42. The average Bonchev–Trinajstić information content (AvgIpc) is 2.65. The number of nitrogens with zero attached hydrogens (tertiary/aromatic N) is 1. The number of methoxy groups -OCH3 is 2. The van der Waals surface area contributed by atoms with Crippen molar-refractivity contribution in [2.75, 3.05) is 20.8 Å². The van der Waals surface area contributed by atoms with Gasteiger partial charge in [0.05, 0.1) is 19.1 Å². The summed E-state index contributed by atoms with van der Waals surface area (Å²) < 4.78 is 15.3. The molecule has 0 radical (unpaired) electrons.